The van der Waals surface area contributed by atoms with Gasteiger partial charge in [0, 0.05) is 0 Å². The minimum Gasteiger partial charge on any atom is -0.480 e. The SMILES string of the molecule is N#[13C]c1ccc(C[C@H](N)C(=O)O)cc1. The quantitative estimate of drug-likeness (QED) is 0.681. The molecule has 0 amide bonds. The molecule has 14 heavy (non-hydrogen) atoms. The maximum Gasteiger partial charge on any atom is 0.320 e. The van der Waals surface area contributed by atoms with Crippen LogP contribution < -0.4 is 5.73 Å². The largest absolute Gasteiger partial charge is 0.480 e. The monoisotopic (exact) mass is 191 g/mol. The molecule has 0 heterocycles. The van der Waals surface area contributed by atoms with Gasteiger partial charge in [0.05, 0.1) is 11.6 Å². The van der Waals surface area contributed by atoms with Crippen molar-refractivity contribution in [1.29, 1.82) is 5.26 Å². The summed E-state index contributed by atoms with van der Waals surface area (Å²) in [5.41, 5.74) is 6.73. The van der Waals surface area contributed by atoms with Crippen molar-refractivity contribution >= 4 is 5.97 Å². The summed E-state index contributed by atoms with van der Waals surface area (Å²) in [6.45, 7) is 0. The highest BCUT2D eigenvalue weighted by Crippen LogP contribution is 2.05. The highest BCUT2D eigenvalue weighted by molar-refractivity contribution is 5.73. The Labute approximate surface area is 81.6 Å². The summed E-state index contributed by atoms with van der Waals surface area (Å²) < 4.78 is 0. The molecular weight excluding hydrogens is 181 g/mol. The van der Waals surface area contributed by atoms with Crippen molar-refractivity contribution in [2.45, 2.75) is 12.5 Å². The van der Waals surface area contributed by atoms with Crippen LogP contribution in [0.1, 0.15) is 11.1 Å². The van der Waals surface area contributed by atoms with Crippen LogP contribution in [0.15, 0.2) is 24.3 Å². The van der Waals surface area contributed by atoms with Crippen LogP contribution in [0.5, 0.6) is 0 Å². The van der Waals surface area contributed by atoms with E-state index in [1.54, 1.807) is 24.3 Å². The molecule has 0 unspecified atom stereocenters. The minimum atomic E-state index is -1.02. The van der Waals surface area contributed by atoms with Crippen molar-refractivity contribution < 1.29 is 9.90 Å². The second kappa shape index (κ2) is 4.40. The van der Waals surface area contributed by atoms with Crippen molar-refractivity contribution in [2.24, 2.45) is 5.73 Å². The first-order valence-corrected chi connectivity index (χ1v) is 4.11. The minimum absolute atomic E-state index is 0.279. The Balaban J connectivity index is 2.70. The molecule has 3 N–H and O–H groups in total. The Morgan fingerprint density at radius 3 is 2.50 bits per heavy atom. The van der Waals surface area contributed by atoms with E-state index in [4.69, 9.17) is 16.1 Å². The zero-order chi connectivity index (χ0) is 10.6. The first-order chi connectivity index (χ1) is 6.63. The summed E-state index contributed by atoms with van der Waals surface area (Å²) in [4.78, 5) is 10.4. The Bertz CT molecular complexity index is 365. The van der Waals surface area contributed by atoms with Gasteiger partial charge in [-0.1, -0.05) is 12.1 Å². The van der Waals surface area contributed by atoms with Gasteiger partial charge in [-0.15, -0.1) is 0 Å². The van der Waals surface area contributed by atoms with E-state index in [-0.39, 0.29) is 6.42 Å². The fourth-order valence-electron chi connectivity index (χ4n) is 1.06. The van der Waals surface area contributed by atoms with E-state index in [9.17, 15) is 4.79 Å². The van der Waals surface area contributed by atoms with Crippen molar-refractivity contribution in [2.75, 3.05) is 0 Å². The average Bonchev–Trinajstić information content (AvgIpc) is 2.19. The third-order valence-corrected chi connectivity index (χ3v) is 1.86. The molecule has 0 spiro atoms. The molecule has 0 aliphatic carbocycles. The number of aliphatic carboxylic acids is 1. The third kappa shape index (κ3) is 2.57. The number of rotatable bonds is 3. The van der Waals surface area contributed by atoms with Gasteiger partial charge in [0.15, 0.2) is 0 Å². The summed E-state index contributed by atoms with van der Waals surface area (Å²) in [5.74, 6) is -1.02. The first kappa shape index (κ1) is 10.2. The lowest BCUT2D eigenvalue weighted by molar-refractivity contribution is -0.138. The zero-order valence-corrected chi connectivity index (χ0v) is 7.47. The van der Waals surface area contributed by atoms with Gasteiger partial charge >= 0.3 is 5.97 Å². The average molecular weight is 191 g/mol. The summed E-state index contributed by atoms with van der Waals surface area (Å²) >= 11 is 0. The predicted octanol–water partition coefficient (Wildman–Crippen LogP) is 0.513. The van der Waals surface area contributed by atoms with Gasteiger partial charge in [0.1, 0.15) is 6.04 Å². The molecule has 1 aromatic rings. The number of nitrogens with zero attached hydrogens (tertiary/aromatic N) is 1. The Morgan fingerprint density at radius 2 is 2.07 bits per heavy atom. The van der Waals surface area contributed by atoms with E-state index in [2.05, 4.69) is 0 Å². The Morgan fingerprint density at radius 1 is 1.50 bits per heavy atom. The van der Waals surface area contributed by atoms with Crippen LogP contribution in [0, 0.1) is 11.3 Å². The van der Waals surface area contributed by atoms with E-state index >= 15 is 0 Å². The highest BCUT2D eigenvalue weighted by atomic mass is 16.4. The second-order valence-corrected chi connectivity index (χ2v) is 2.96. The standard InChI is InChI=1S/C10H10N2O2/c11-6-8-3-1-7(2-4-8)5-9(12)10(13)14/h1-4,9H,5,12H2,(H,13,14)/t9-/m0/s1/i6+1. The fraction of sp³-hybridized carbons (Fsp3) is 0.200. The van der Waals surface area contributed by atoms with Gasteiger partial charge in [-0.25, -0.2) is 0 Å². The number of nitrogens with two attached hydrogens (primary N) is 1. The van der Waals surface area contributed by atoms with Crippen LogP contribution in [-0.4, -0.2) is 17.1 Å². The molecule has 1 rings (SSSR count). The molecule has 0 saturated heterocycles. The number of benzene rings is 1. The first-order valence-electron chi connectivity index (χ1n) is 4.11. The normalized spacial score (nSPS) is 11.7. The van der Waals surface area contributed by atoms with Crippen molar-refractivity contribution in [1.82, 2.24) is 0 Å². The Kier molecular flexibility index (Phi) is 3.21. The maximum atomic E-state index is 10.4. The Hall–Kier alpha value is -1.86. The van der Waals surface area contributed by atoms with E-state index in [0.717, 1.165) is 5.56 Å². The molecule has 4 heteroatoms. The lowest BCUT2D eigenvalue weighted by Gasteiger charge is -2.05. The van der Waals surface area contributed by atoms with Crippen molar-refractivity contribution in [3.05, 3.63) is 35.4 Å². The highest BCUT2D eigenvalue weighted by Gasteiger charge is 2.11. The van der Waals surface area contributed by atoms with Gasteiger partial charge in [-0.2, -0.15) is 5.26 Å². The van der Waals surface area contributed by atoms with Gasteiger partial charge in [-0.05, 0) is 24.1 Å². The van der Waals surface area contributed by atoms with Crippen LogP contribution >= 0.6 is 0 Å². The maximum absolute atomic E-state index is 10.4. The molecule has 0 bridgehead atoms. The lowest BCUT2D eigenvalue weighted by Crippen LogP contribution is -2.32. The molecule has 1 atom stereocenters. The molecular formula is C10H10N2O2. The van der Waals surface area contributed by atoms with Crippen molar-refractivity contribution in [3.8, 4) is 6.07 Å². The summed E-state index contributed by atoms with van der Waals surface area (Å²) in [6, 6.07) is 7.80. The van der Waals surface area contributed by atoms with Crippen molar-refractivity contribution in [3.63, 3.8) is 0 Å². The molecule has 0 aliphatic rings. The van der Waals surface area contributed by atoms with Gasteiger partial charge in [-0.3, -0.25) is 4.79 Å². The van der Waals surface area contributed by atoms with Crippen LogP contribution in [-0.2, 0) is 11.2 Å². The van der Waals surface area contributed by atoms with E-state index in [1.165, 1.54) is 0 Å². The number of hydrogen-bond acceptors (Lipinski definition) is 3. The number of hydrogen-bond donors (Lipinski definition) is 2. The van der Waals surface area contributed by atoms with Gasteiger partial charge < -0.3 is 10.8 Å². The molecule has 72 valence electrons. The number of carboxylic acids is 1. The predicted molar refractivity (Wildman–Crippen MR) is 50.5 cm³/mol. The number of nitriles is 1. The fourth-order valence-corrected chi connectivity index (χ4v) is 1.06. The number of carbonyl (C=O) groups is 1. The molecule has 0 radical (unpaired) electrons. The molecule has 1 aromatic carbocycles. The van der Waals surface area contributed by atoms with Crippen LogP contribution in [0.2, 0.25) is 0 Å². The van der Waals surface area contributed by atoms with Gasteiger partial charge in [0.25, 0.3) is 0 Å². The van der Waals surface area contributed by atoms with E-state index in [0.29, 0.717) is 5.56 Å². The number of carboxylic acid groups (broad SMARTS) is 1. The summed E-state index contributed by atoms with van der Waals surface area (Å²) in [6.07, 6.45) is 0.279. The van der Waals surface area contributed by atoms with E-state index < -0.39 is 12.0 Å². The molecule has 0 aliphatic heterocycles. The molecule has 0 fully saturated rings. The van der Waals surface area contributed by atoms with E-state index in [1.807, 2.05) is 6.07 Å². The van der Waals surface area contributed by atoms with Crippen LogP contribution in [0.25, 0.3) is 0 Å². The molecule has 4 nitrogen and oxygen atoms in total. The van der Waals surface area contributed by atoms with Crippen LogP contribution in [0.3, 0.4) is 0 Å². The lowest BCUT2D eigenvalue weighted by atomic mass is 10.1. The second-order valence-electron chi connectivity index (χ2n) is 2.96. The smallest absolute Gasteiger partial charge is 0.320 e. The third-order valence-electron chi connectivity index (χ3n) is 1.86. The summed E-state index contributed by atoms with van der Waals surface area (Å²) in [5, 5.41) is 17.1. The molecule has 0 saturated carbocycles. The zero-order valence-electron chi connectivity index (χ0n) is 7.47. The topological polar surface area (TPSA) is 87.1 Å². The summed E-state index contributed by atoms with van der Waals surface area (Å²) in [7, 11) is 0. The van der Waals surface area contributed by atoms with Gasteiger partial charge in [0.2, 0.25) is 0 Å². The molecule has 0 aromatic heterocycles. The van der Waals surface area contributed by atoms with Crippen LogP contribution in [0.4, 0.5) is 0 Å².